The Morgan fingerprint density at radius 1 is 0.958 bits per heavy atom. The predicted octanol–water partition coefficient (Wildman–Crippen LogP) is 4.40. The van der Waals surface area contributed by atoms with Crippen molar-refractivity contribution in [3.63, 3.8) is 0 Å². The fraction of sp³-hybridized carbons (Fsp3) is 0.222. The van der Waals surface area contributed by atoms with E-state index in [1.54, 1.807) is 30.1 Å². The second-order valence-corrected chi connectivity index (χ2v) is 6.12. The van der Waals surface area contributed by atoms with Crippen LogP contribution < -0.4 is 9.80 Å². The summed E-state index contributed by atoms with van der Waals surface area (Å²) in [5.41, 5.74) is 1.43. The van der Waals surface area contributed by atoms with Gasteiger partial charge in [-0.25, -0.2) is 0 Å². The van der Waals surface area contributed by atoms with E-state index in [0.717, 1.165) is 5.69 Å². The number of anilines is 2. The molecule has 2 amide bonds. The summed E-state index contributed by atoms with van der Waals surface area (Å²) in [7, 11) is 1.72. The topological polar surface area (TPSA) is 40.6 Å². The molecule has 6 heteroatoms. The monoisotopic (exact) mass is 364 g/mol. The van der Waals surface area contributed by atoms with Crippen molar-refractivity contribution in [2.75, 3.05) is 23.4 Å². The SMILES string of the molecule is CC(=O)N(CCC(=O)N(C)c1ccccc1)c1ccc(Cl)c(Cl)c1. The van der Waals surface area contributed by atoms with Crippen LogP contribution in [0.25, 0.3) is 0 Å². The normalized spacial score (nSPS) is 10.3. The third-order valence-corrected chi connectivity index (χ3v) is 4.40. The summed E-state index contributed by atoms with van der Waals surface area (Å²) in [5.74, 6) is -0.240. The summed E-state index contributed by atoms with van der Waals surface area (Å²) < 4.78 is 0. The van der Waals surface area contributed by atoms with Gasteiger partial charge in [-0.3, -0.25) is 9.59 Å². The Balaban J connectivity index is 2.07. The van der Waals surface area contributed by atoms with Gasteiger partial charge in [0.25, 0.3) is 0 Å². The zero-order chi connectivity index (χ0) is 17.7. The van der Waals surface area contributed by atoms with E-state index < -0.39 is 0 Å². The smallest absolute Gasteiger partial charge is 0.228 e. The van der Waals surface area contributed by atoms with Gasteiger partial charge in [-0.05, 0) is 30.3 Å². The molecule has 2 rings (SSSR count). The molecule has 0 fully saturated rings. The molecular weight excluding hydrogens is 347 g/mol. The molecule has 0 spiro atoms. The maximum absolute atomic E-state index is 12.4. The first-order chi connectivity index (χ1) is 11.4. The summed E-state index contributed by atoms with van der Waals surface area (Å²) in [5, 5.41) is 0.789. The minimum absolute atomic E-state index is 0.0764. The van der Waals surface area contributed by atoms with Gasteiger partial charge in [0.1, 0.15) is 0 Å². The van der Waals surface area contributed by atoms with Gasteiger partial charge < -0.3 is 9.80 Å². The molecule has 4 nitrogen and oxygen atoms in total. The minimum Gasteiger partial charge on any atom is -0.315 e. The number of benzene rings is 2. The lowest BCUT2D eigenvalue weighted by Crippen LogP contribution is -2.34. The molecule has 0 unspecified atom stereocenters. The van der Waals surface area contributed by atoms with E-state index in [4.69, 9.17) is 23.2 Å². The quantitative estimate of drug-likeness (QED) is 0.788. The minimum atomic E-state index is -0.163. The van der Waals surface area contributed by atoms with Crippen LogP contribution in [-0.2, 0) is 9.59 Å². The lowest BCUT2D eigenvalue weighted by molar-refractivity contribution is -0.118. The van der Waals surface area contributed by atoms with Crippen LogP contribution in [-0.4, -0.2) is 25.4 Å². The highest BCUT2D eigenvalue weighted by Crippen LogP contribution is 2.27. The maximum Gasteiger partial charge on any atom is 0.228 e. The second-order valence-electron chi connectivity index (χ2n) is 5.31. The van der Waals surface area contributed by atoms with E-state index in [9.17, 15) is 9.59 Å². The summed E-state index contributed by atoms with van der Waals surface area (Å²) in [6.07, 6.45) is 0.200. The van der Waals surface area contributed by atoms with Crippen molar-refractivity contribution in [3.05, 3.63) is 58.6 Å². The van der Waals surface area contributed by atoms with Gasteiger partial charge in [0.05, 0.1) is 10.0 Å². The average Bonchev–Trinajstić information content (AvgIpc) is 2.57. The molecule has 0 bridgehead atoms. The zero-order valence-electron chi connectivity index (χ0n) is 13.5. The Kier molecular flexibility index (Phi) is 6.23. The van der Waals surface area contributed by atoms with Crippen LogP contribution >= 0.6 is 23.2 Å². The van der Waals surface area contributed by atoms with Crippen molar-refractivity contribution in [2.24, 2.45) is 0 Å². The van der Waals surface area contributed by atoms with Gasteiger partial charge in [0.2, 0.25) is 11.8 Å². The first-order valence-electron chi connectivity index (χ1n) is 7.45. The lowest BCUT2D eigenvalue weighted by Gasteiger charge is -2.23. The number of rotatable bonds is 5. The molecule has 0 aromatic heterocycles. The molecule has 0 aliphatic heterocycles. The summed E-state index contributed by atoms with van der Waals surface area (Å²) >= 11 is 11.9. The zero-order valence-corrected chi connectivity index (χ0v) is 15.0. The van der Waals surface area contributed by atoms with Crippen LogP contribution in [0.3, 0.4) is 0 Å². The molecule has 2 aromatic carbocycles. The maximum atomic E-state index is 12.4. The molecule has 0 saturated heterocycles. The molecular formula is C18H18Cl2N2O2. The highest BCUT2D eigenvalue weighted by molar-refractivity contribution is 6.42. The Morgan fingerprint density at radius 2 is 1.62 bits per heavy atom. The van der Waals surface area contributed by atoms with Crippen molar-refractivity contribution in [1.82, 2.24) is 0 Å². The summed E-state index contributed by atoms with van der Waals surface area (Å²) in [6, 6.07) is 14.3. The number of halogens is 2. The largest absolute Gasteiger partial charge is 0.315 e. The van der Waals surface area contributed by atoms with E-state index in [2.05, 4.69) is 0 Å². The van der Waals surface area contributed by atoms with E-state index in [0.29, 0.717) is 15.7 Å². The number of nitrogens with zero attached hydrogens (tertiary/aromatic N) is 2. The van der Waals surface area contributed by atoms with E-state index in [1.165, 1.54) is 11.8 Å². The van der Waals surface area contributed by atoms with Gasteiger partial charge >= 0.3 is 0 Å². The van der Waals surface area contributed by atoms with Crippen molar-refractivity contribution < 1.29 is 9.59 Å². The van der Waals surface area contributed by atoms with E-state index >= 15 is 0 Å². The molecule has 0 atom stereocenters. The molecule has 0 aliphatic rings. The number of amides is 2. The van der Waals surface area contributed by atoms with Crippen molar-refractivity contribution in [1.29, 1.82) is 0 Å². The second kappa shape index (κ2) is 8.18. The highest BCUT2D eigenvalue weighted by atomic mass is 35.5. The number of hydrogen-bond acceptors (Lipinski definition) is 2. The van der Waals surface area contributed by atoms with Crippen molar-refractivity contribution in [2.45, 2.75) is 13.3 Å². The Morgan fingerprint density at radius 3 is 2.21 bits per heavy atom. The fourth-order valence-corrected chi connectivity index (χ4v) is 2.58. The Labute approximate surface area is 151 Å². The van der Waals surface area contributed by atoms with Gasteiger partial charge in [-0.2, -0.15) is 0 Å². The number of hydrogen-bond donors (Lipinski definition) is 0. The van der Waals surface area contributed by atoms with E-state index in [-0.39, 0.29) is 24.8 Å². The molecule has 0 N–H and O–H groups in total. The van der Waals surface area contributed by atoms with Crippen molar-refractivity contribution >= 4 is 46.4 Å². The summed E-state index contributed by atoms with van der Waals surface area (Å²) in [4.78, 5) is 27.4. The van der Waals surface area contributed by atoms with Crippen molar-refractivity contribution in [3.8, 4) is 0 Å². The number of para-hydroxylation sites is 1. The number of carbonyl (C=O) groups is 2. The van der Waals surface area contributed by atoms with Gasteiger partial charge in [-0.15, -0.1) is 0 Å². The van der Waals surface area contributed by atoms with Crippen LogP contribution in [0.2, 0.25) is 10.0 Å². The van der Waals surface area contributed by atoms with Gasteiger partial charge in [-0.1, -0.05) is 41.4 Å². The van der Waals surface area contributed by atoms with Crippen LogP contribution in [0.4, 0.5) is 11.4 Å². The van der Waals surface area contributed by atoms with Gasteiger partial charge in [0, 0.05) is 38.3 Å². The van der Waals surface area contributed by atoms with Crippen LogP contribution in [0.15, 0.2) is 48.5 Å². The third kappa shape index (κ3) is 4.49. The molecule has 0 saturated carbocycles. The molecule has 24 heavy (non-hydrogen) atoms. The first kappa shape index (κ1) is 18.3. The standard InChI is InChI=1S/C18H18Cl2N2O2/c1-13(23)22(15-8-9-16(19)17(20)12-15)11-10-18(24)21(2)14-6-4-3-5-7-14/h3-9,12H,10-11H2,1-2H3. The Bertz CT molecular complexity index is 735. The van der Waals surface area contributed by atoms with Crippen LogP contribution in [0.5, 0.6) is 0 Å². The fourth-order valence-electron chi connectivity index (χ4n) is 2.29. The molecule has 0 aliphatic carbocycles. The molecule has 0 heterocycles. The molecule has 126 valence electrons. The van der Waals surface area contributed by atoms with E-state index in [1.807, 2.05) is 30.3 Å². The Hall–Kier alpha value is -2.04. The number of carbonyl (C=O) groups excluding carboxylic acids is 2. The van der Waals surface area contributed by atoms with Gasteiger partial charge in [0.15, 0.2) is 0 Å². The average molecular weight is 365 g/mol. The molecule has 2 aromatic rings. The summed E-state index contributed by atoms with van der Waals surface area (Å²) in [6.45, 7) is 1.72. The molecule has 0 radical (unpaired) electrons. The third-order valence-electron chi connectivity index (χ3n) is 3.66. The first-order valence-corrected chi connectivity index (χ1v) is 8.20. The highest BCUT2D eigenvalue weighted by Gasteiger charge is 2.17. The van der Waals surface area contributed by atoms with Crippen LogP contribution in [0.1, 0.15) is 13.3 Å². The lowest BCUT2D eigenvalue weighted by atomic mass is 10.2. The predicted molar refractivity (Wildman–Crippen MR) is 99.0 cm³/mol. The van der Waals surface area contributed by atoms with Crippen LogP contribution in [0, 0.1) is 0 Å².